The molecule has 0 saturated heterocycles. The van der Waals surface area contributed by atoms with Crippen LogP contribution in [0.3, 0.4) is 0 Å². The maximum absolute atomic E-state index is 6.46. The lowest BCUT2D eigenvalue weighted by Gasteiger charge is -2.11. The van der Waals surface area contributed by atoms with Gasteiger partial charge in [0.25, 0.3) is 0 Å². The molecule has 0 saturated carbocycles. The largest absolute Gasteiger partial charge is 0.456 e. The summed E-state index contributed by atoms with van der Waals surface area (Å²) in [4.78, 5) is 15.1. The Kier molecular flexibility index (Phi) is 5.22. The summed E-state index contributed by atoms with van der Waals surface area (Å²) in [6.45, 7) is 0. The lowest BCUT2D eigenvalue weighted by molar-refractivity contribution is 0.623. The van der Waals surface area contributed by atoms with Crippen molar-refractivity contribution in [3.05, 3.63) is 140 Å². The minimum atomic E-state index is 0.612. The molecule has 3 aromatic heterocycles. The Labute approximate surface area is 262 Å². The molecule has 0 aliphatic carbocycles. The summed E-state index contributed by atoms with van der Waals surface area (Å²) in [5.41, 5.74) is 8.02. The molecule has 10 aromatic rings. The molecule has 0 aliphatic heterocycles. The highest BCUT2D eigenvalue weighted by Crippen LogP contribution is 2.38. The zero-order valence-electron chi connectivity index (χ0n) is 24.4. The van der Waals surface area contributed by atoms with Crippen LogP contribution in [-0.2, 0) is 0 Å². The number of rotatable bonds is 3. The van der Waals surface area contributed by atoms with Gasteiger partial charge in [0.15, 0.2) is 11.4 Å². The quantitative estimate of drug-likeness (QED) is 0.192. The summed E-state index contributed by atoms with van der Waals surface area (Å²) in [6.07, 6.45) is 0. The molecule has 46 heavy (non-hydrogen) atoms. The molecule has 10 rings (SSSR count). The number of benzene rings is 7. The van der Waals surface area contributed by atoms with Crippen molar-refractivity contribution in [2.75, 3.05) is 0 Å². The van der Waals surface area contributed by atoms with Crippen molar-refractivity contribution in [3.8, 4) is 34.1 Å². The fraction of sp³-hybridized carbons (Fsp3) is 0. The summed E-state index contributed by atoms with van der Waals surface area (Å²) in [6, 6.07) is 47.5. The molecule has 214 valence electrons. The Balaban J connectivity index is 1.19. The minimum Gasteiger partial charge on any atom is -0.456 e. The molecule has 7 aromatic carbocycles. The van der Waals surface area contributed by atoms with Crippen molar-refractivity contribution in [1.29, 1.82) is 0 Å². The average molecular weight is 590 g/mol. The summed E-state index contributed by atoms with van der Waals surface area (Å²) < 4.78 is 12.6. The summed E-state index contributed by atoms with van der Waals surface area (Å²) in [5.74, 6) is 1.28. The first-order valence-electron chi connectivity index (χ1n) is 15.3. The number of fused-ring (bicyclic) bond motifs is 9. The Morgan fingerprint density at radius 1 is 0.413 bits per heavy atom. The van der Waals surface area contributed by atoms with E-state index in [1.54, 1.807) is 0 Å². The van der Waals surface area contributed by atoms with E-state index < -0.39 is 0 Å². The van der Waals surface area contributed by atoms with Crippen LogP contribution >= 0.6 is 0 Å². The van der Waals surface area contributed by atoms with Crippen molar-refractivity contribution >= 4 is 65.5 Å². The fourth-order valence-electron chi connectivity index (χ4n) is 6.66. The predicted octanol–water partition coefficient (Wildman–Crippen LogP) is 11.0. The Morgan fingerprint density at radius 2 is 1.13 bits per heavy atom. The van der Waals surface area contributed by atoms with E-state index >= 15 is 0 Å². The van der Waals surface area contributed by atoms with Crippen LogP contribution in [0.25, 0.3) is 99.6 Å². The minimum absolute atomic E-state index is 0.612. The van der Waals surface area contributed by atoms with Gasteiger partial charge in [-0.1, -0.05) is 84.9 Å². The van der Waals surface area contributed by atoms with E-state index in [1.807, 2.05) is 72.8 Å². The maximum Gasteiger partial charge on any atom is 0.227 e. The number of nitrogens with zero attached hydrogens (tertiary/aromatic N) is 3. The number of aromatic nitrogens is 3. The van der Waals surface area contributed by atoms with E-state index in [4.69, 9.17) is 23.8 Å². The third kappa shape index (κ3) is 3.79. The molecule has 0 unspecified atom stereocenters. The lowest BCUT2D eigenvalue weighted by Crippen LogP contribution is -1.95. The normalized spacial score (nSPS) is 11.9. The second-order valence-corrected chi connectivity index (χ2v) is 11.6. The highest BCUT2D eigenvalue weighted by molar-refractivity contribution is 6.18. The molecule has 5 nitrogen and oxygen atoms in total. The van der Waals surface area contributed by atoms with Crippen LogP contribution in [0.5, 0.6) is 0 Å². The van der Waals surface area contributed by atoms with Gasteiger partial charge in [0.2, 0.25) is 5.89 Å². The van der Waals surface area contributed by atoms with Crippen LogP contribution in [-0.4, -0.2) is 15.0 Å². The van der Waals surface area contributed by atoms with Gasteiger partial charge in [0.05, 0.1) is 11.2 Å². The third-order valence-corrected chi connectivity index (χ3v) is 8.89. The van der Waals surface area contributed by atoms with Gasteiger partial charge >= 0.3 is 0 Å². The maximum atomic E-state index is 6.46. The molecule has 0 amide bonds. The van der Waals surface area contributed by atoms with Crippen LogP contribution in [0.1, 0.15) is 0 Å². The predicted molar refractivity (Wildman–Crippen MR) is 186 cm³/mol. The molecule has 0 spiro atoms. The number of furan rings is 1. The van der Waals surface area contributed by atoms with Crippen molar-refractivity contribution in [2.45, 2.75) is 0 Å². The zero-order valence-corrected chi connectivity index (χ0v) is 24.4. The highest BCUT2D eigenvalue weighted by atomic mass is 16.3. The van der Waals surface area contributed by atoms with E-state index in [0.29, 0.717) is 11.7 Å². The van der Waals surface area contributed by atoms with Gasteiger partial charge in [-0.05, 0) is 70.8 Å². The molecule has 0 radical (unpaired) electrons. The van der Waals surface area contributed by atoms with Gasteiger partial charge < -0.3 is 8.83 Å². The van der Waals surface area contributed by atoms with Crippen molar-refractivity contribution in [2.24, 2.45) is 0 Å². The SMILES string of the molecule is c1ccc(-c2nc3ccc4ccc5ccc(-c6nc(-c7ccc8oc9ccccc9c8c7)c7ccccc7n6)cc5c4c3o2)cc1. The molecular formula is C41H23N3O2. The molecular weight excluding hydrogens is 566 g/mol. The average Bonchev–Trinajstić information content (AvgIpc) is 3.73. The number of hydrogen-bond acceptors (Lipinski definition) is 5. The van der Waals surface area contributed by atoms with E-state index in [9.17, 15) is 0 Å². The molecule has 5 heteroatoms. The van der Waals surface area contributed by atoms with Gasteiger partial charge in [-0.2, -0.15) is 0 Å². The fourth-order valence-corrected chi connectivity index (χ4v) is 6.66. The molecule has 0 aliphatic rings. The van der Waals surface area contributed by atoms with Crippen molar-refractivity contribution in [3.63, 3.8) is 0 Å². The van der Waals surface area contributed by atoms with Gasteiger partial charge in [-0.25, -0.2) is 15.0 Å². The number of para-hydroxylation sites is 2. The first-order chi connectivity index (χ1) is 22.8. The van der Waals surface area contributed by atoms with E-state index in [-0.39, 0.29) is 0 Å². The van der Waals surface area contributed by atoms with Crippen LogP contribution in [0.15, 0.2) is 148 Å². The van der Waals surface area contributed by atoms with Crippen LogP contribution in [0.4, 0.5) is 0 Å². The van der Waals surface area contributed by atoms with Crippen molar-refractivity contribution in [1.82, 2.24) is 15.0 Å². The molecule has 0 N–H and O–H groups in total. The van der Waals surface area contributed by atoms with E-state index in [1.165, 1.54) is 0 Å². The number of hydrogen-bond donors (Lipinski definition) is 0. The van der Waals surface area contributed by atoms with Gasteiger partial charge in [-0.3, -0.25) is 0 Å². The Hall–Kier alpha value is -6.33. The Morgan fingerprint density at radius 3 is 2.07 bits per heavy atom. The van der Waals surface area contributed by atoms with E-state index in [2.05, 4.69) is 66.7 Å². The van der Waals surface area contributed by atoms with Crippen LogP contribution in [0, 0.1) is 0 Å². The molecule has 0 atom stereocenters. The summed E-state index contributed by atoms with van der Waals surface area (Å²) >= 11 is 0. The standard InChI is InChI=1S/C41H23N3O2/c1-2-8-26(9-3-1)41-43-34-20-18-25-16-14-24-15-17-28(23-31(24)37(25)39(34)46-41)40-42-33-12-6-4-11-30(33)38(44-40)27-19-21-36-32(22-27)29-10-5-7-13-35(29)45-36/h1-23H. The second-order valence-electron chi connectivity index (χ2n) is 11.6. The summed E-state index contributed by atoms with van der Waals surface area (Å²) in [7, 11) is 0. The summed E-state index contributed by atoms with van der Waals surface area (Å²) in [5, 5.41) is 7.47. The third-order valence-electron chi connectivity index (χ3n) is 8.89. The monoisotopic (exact) mass is 589 g/mol. The van der Waals surface area contributed by atoms with E-state index in [0.717, 1.165) is 87.9 Å². The van der Waals surface area contributed by atoms with Crippen LogP contribution < -0.4 is 0 Å². The molecule has 3 heterocycles. The zero-order chi connectivity index (χ0) is 30.2. The lowest BCUT2D eigenvalue weighted by atomic mass is 9.98. The molecule has 0 fully saturated rings. The van der Waals surface area contributed by atoms with Gasteiger partial charge in [-0.15, -0.1) is 0 Å². The Bertz CT molecular complexity index is 2810. The smallest absolute Gasteiger partial charge is 0.227 e. The van der Waals surface area contributed by atoms with Gasteiger partial charge in [0, 0.05) is 38.2 Å². The second kappa shape index (κ2) is 9.58. The first-order valence-corrected chi connectivity index (χ1v) is 15.3. The molecule has 0 bridgehead atoms. The number of oxazole rings is 1. The van der Waals surface area contributed by atoms with Crippen LogP contribution in [0.2, 0.25) is 0 Å². The van der Waals surface area contributed by atoms with Gasteiger partial charge in [0.1, 0.15) is 16.7 Å². The topological polar surface area (TPSA) is 65.0 Å². The van der Waals surface area contributed by atoms with Crippen molar-refractivity contribution < 1.29 is 8.83 Å². The first kappa shape index (κ1) is 25.0. The highest BCUT2D eigenvalue weighted by Gasteiger charge is 2.17.